The minimum absolute atomic E-state index is 0.00926. The number of furan rings is 1. The summed E-state index contributed by atoms with van der Waals surface area (Å²) in [5.74, 6) is -0.472. The van der Waals surface area contributed by atoms with Gasteiger partial charge in [-0.3, -0.25) is 19.6 Å². The van der Waals surface area contributed by atoms with Crippen molar-refractivity contribution in [3.8, 4) is 39.8 Å². The molecule has 74 heavy (non-hydrogen) atoms. The molecule has 6 N–H and O–H groups in total. The molecule has 0 bridgehead atoms. The van der Waals surface area contributed by atoms with Crippen molar-refractivity contribution in [1.82, 2.24) is 40.0 Å². The minimum atomic E-state index is -1.17. The zero-order chi connectivity index (χ0) is 51.6. The number of anilines is 3. The number of carboxylic acid groups (broad SMARTS) is 1. The van der Waals surface area contributed by atoms with Crippen LogP contribution in [0.2, 0.25) is 0 Å². The van der Waals surface area contributed by atoms with Crippen LogP contribution in [0, 0.1) is 0 Å². The highest BCUT2D eigenvalue weighted by atomic mass is 32.1. The maximum absolute atomic E-state index is 13.0. The van der Waals surface area contributed by atoms with Crippen LogP contribution in [0.3, 0.4) is 0 Å². The number of carbonyl (C=O) groups is 3. The summed E-state index contributed by atoms with van der Waals surface area (Å²) in [5, 5.41) is 47.3. The van der Waals surface area contributed by atoms with Crippen molar-refractivity contribution in [3.63, 3.8) is 0 Å². The van der Waals surface area contributed by atoms with E-state index in [2.05, 4.69) is 46.7 Å². The van der Waals surface area contributed by atoms with Crippen molar-refractivity contribution < 1.29 is 47.9 Å². The Morgan fingerprint density at radius 3 is 2.41 bits per heavy atom. The molecule has 0 spiro atoms. The average molecular weight is 1020 g/mol. The largest absolute Gasteiger partial charge is 0.872 e. The minimum Gasteiger partial charge on any atom is -0.872 e. The third kappa shape index (κ3) is 12.3. The molecular weight excluding hydrogens is 975 g/mol. The summed E-state index contributed by atoms with van der Waals surface area (Å²) < 4.78 is 19.9. The monoisotopic (exact) mass is 1020 g/mol. The van der Waals surface area contributed by atoms with Crippen LogP contribution < -0.4 is 37.1 Å². The summed E-state index contributed by atoms with van der Waals surface area (Å²) in [4.78, 5) is 69.8. The van der Waals surface area contributed by atoms with Gasteiger partial charge in [0, 0.05) is 66.9 Å². The number of urea groups is 1. The average Bonchev–Trinajstić information content (AvgIpc) is 4.16. The second kappa shape index (κ2) is 23.2. The fraction of sp³-hybridized carbons (Fsp3) is 0.235. The lowest BCUT2D eigenvalue weighted by Crippen LogP contribution is -2.29. The normalized spacial score (nSPS) is 11.4. The zero-order valence-corrected chi connectivity index (χ0v) is 40.5. The highest BCUT2D eigenvalue weighted by Gasteiger charge is 2.23. The van der Waals surface area contributed by atoms with Gasteiger partial charge < -0.3 is 45.1 Å². The van der Waals surface area contributed by atoms with Crippen LogP contribution in [0.1, 0.15) is 41.6 Å². The number of benzene rings is 4. The van der Waals surface area contributed by atoms with Crippen LogP contribution in [-0.2, 0) is 32.8 Å². The zero-order valence-electron chi connectivity index (χ0n) is 39.7. The molecule has 2 aliphatic rings. The topological polar surface area (TPSA) is 287 Å². The van der Waals surface area contributed by atoms with Crippen molar-refractivity contribution in [3.05, 3.63) is 125 Å². The van der Waals surface area contributed by atoms with Gasteiger partial charge in [0.1, 0.15) is 18.0 Å². The number of nitrogens with one attached hydrogen (secondary N) is 5. The lowest BCUT2D eigenvalue weighted by Gasteiger charge is -2.18. The molecule has 0 fully saturated rings. The van der Waals surface area contributed by atoms with Gasteiger partial charge in [-0.05, 0) is 104 Å². The van der Waals surface area contributed by atoms with E-state index in [0.29, 0.717) is 106 Å². The molecule has 0 saturated heterocycles. The molecule has 9 rings (SSSR count). The van der Waals surface area contributed by atoms with E-state index in [1.54, 1.807) is 78.6 Å². The second-order valence-electron chi connectivity index (χ2n) is 16.8. The maximum atomic E-state index is 13.0. The molecule has 7 aromatic rings. The molecule has 23 heteroatoms. The number of hydrogen-bond donors (Lipinski definition) is 6. The molecular formula is C51H48N11O11S-. The predicted octanol–water partition coefficient (Wildman–Crippen LogP) is 6.74. The molecule has 1 aliphatic carbocycles. The number of carbonyl (C=O) groups excluding carboxylic acids is 2. The third-order valence-corrected chi connectivity index (χ3v) is 11.7. The van der Waals surface area contributed by atoms with E-state index in [-0.39, 0.29) is 53.0 Å². The van der Waals surface area contributed by atoms with Crippen LogP contribution >= 0.6 is 12.2 Å². The lowest BCUT2D eigenvalue weighted by molar-refractivity contribution is -0.299. The molecule has 1 aliphatic heterocycles. The number of amides is 3. The van der Waals surface area contributed by atoms with Crippen LogP contribution in [0.15, 0.2) is 117 Å². The summed E-state index contributed by atoms with van der Waals surface area (Å²) >= 11 is 5.47. The maximum Gasteiger partial charge on any atom is 0.336 e. The SMILES string of the molecule is Cn1cc2c(nc(NC(=O)Nc3ccc(CC(=O)NCCCOCCOOCCCCCNC(=S)Nc4ccc(-c5c6ccc(=O)cc-6oc6cc([O-])ccc56)c(C(=O)O)c4)cc3)n3nc(-c4ccco4)nc23)n1. The van der Waals surface area contributed by atoms with Gasteiger partial charge in [0.2, 0.25) is 17.7 Å². The number of aromatic nitrogens is 6. The molecule has 22 nitrogen and oxygen atoms in total. The summed E-state index contributed by atoms with van der Waals surface area (Å²) in [5.41, 5.74) is 3.94. The van der Waals surface area contributed by atoms with Crippen molar-refractivity contribution in [2.45, 2.75) is 32.1 Å². The van der Waals surface area contributed by atoms with E-state index in [4.69, 9.17) is 35.6 Å². The first-order chi connectivity index (χ1) is 35.9. The van der Waals surface area contributed by atoms with E-state index in [1.807, 2.05) is 0 Å². The molecule has 3 aromatic carbocycles. The molecule has 0 atom stereocenters. The molecule has 3 amide bonds. The van der Waals surface area contributed by atoms with E-state index < -0.39 is 12.0 Å². The van der Waals surface area contributed by atoms with Gasteiger partial charge in [0.15, 0.2) is 27.6 Å². The van der Waals surface area contributed by atoms with Gasteiger partial charge in [-0.2, -0.15) is 14.6 Å². The van der Waals surface area contributed by atoms with Crippen LogP contribution in [-0.4, -0.2) is 97.0 Å². The highest BCUT2D eigenvalue weighted by Crippen LogP contribution is 2.42. The summed E-state index contributed by atoms with van der Waals surface area (Å²) in [7, 11) is 1.76. The number of thiocarbonyl (C=S) groups is 1. The quantitative estimate of drug-likeness (QED) is 0.0135. The Morgan fingerprint density at radius 1 is 0.770 bits per heavy atom. The van der Waals surface area contributed by atoms with Crippen molar-refractivity contribution >= 4 is 80.2 Å². The lowest BCUT2D eigenvalue weighted by atomic mass is 9.90. The standard InChI is InChI=1S/C51H49N11O11S/c1-61-29-39-45(59-61)57-49(62-47(39)56-46(60-62)40-7-5-21-70-40)58-50(68)54-31-10-8-30(9-11-31)25-43(65)52-19-6-20-69-23-24-72-71-22-4-2-3-18-53-51(74)55-32-12-15-35(38(26-32)48(66)67)44-36-16-13-33(63)27-41(36)73-42-28-34(64)14-17-37(42)44/h5,7-17,21,26-29,63H,2-4,6,18-20,22-25H2,1H3,(H,52,65)(H,66,67)(H2,53,55,74)(H2,54,57,58,59,68)/p-1. The Labute approximate surface area is 425 Å². The van der Waals surface area contributed by atoms with Crippen LogP contribution in [0.4, 0.5) is 22.1 Å². The molecule has 380 valence electrons. The van der Waals surface area contributed by atoms with Crippen molar-refractivity contribution in [2.75, 3.05) is 55.5 Å². The predicted molar refractivity (Wildman–Crippen MR) is 275 cm³/mol. The highest BCUT2D eigenvalue weighted by molar-refractivity contribution is 7.80. The van der Waals surface area contributed by atoms with Gasteiger partial charge in [0.25, 0.3) is 0 Å². The van der Waals surface area contributed by atoms with Gasteiger partial charge in [-0.25, -0.2) is 24.3 Å². The number of rotatable bonds is 22. The molecule has 0 saturated carbocycles. The molecule has 0 radical (unpaired) electrons. The summed E-state index contributed by atoms with van der Waals surface area (Å²) in [6.45, 7) is 2.41. The number of aromatic carboxylic acids is 1. The van der Waals surface area contributed by atoms with E-state index in [1.165, 1.54) is 41.1 Å². The first kappa shape index (κ1) is 50.2. The second-order valence-corrected chi connectivity index (χ2v) is 17.2. The summed E-state index contributed by atoms with van der Waals surface area (Å²) in [6, 6.07) is 23.2. The molecule has 0 unspecified atom stereocenters. The number of aryl methyl sites for hydroxylation is 1. The Morgan fingerprint density at radius 2 is 1.58 bits per heavy atom. The van der Waals surface area contributed by atoms with E-state index in [9.17, 15) is 29.4 Å². The smallest absolute Gasteiger partial charge is 0.336 e. The van der Waals surface area contributed by atoms with E-state index in [0.717, 1.165) is 24.8 Å². The first-order valence-electron chi connectivity index (χ1n) is 23.5. The van der Waals surface area contributed by atoms with Gasteiger partial charge in [0.05, 0.1) is 36.8 Å². The van der Waals surface area contributed by atoms with Gasteiger partial charge in [-0.1, -0.05) is 30.3 Å². The Bertz CT molecular complexity index is 3500. The van der Waals surface area contributed by atoms with E-state index >= 15 is 0 Å². The summed E-state index contributed by atoms with van der Waals surface area (Å²) in [6.07, 6.45) is 6.43. The number of nitrogens with zero attached hydrogens (tertiary/aromatic N) is 6. The van der Waals surface area contributed by atoms with Crippen molar-refractivity contribution in [1.29, 1.82) is 0 Å². The molecule has 5 heterocycles. The van der Waals surface area contributed by atoms with Crippen LogP contribution in [0.25, 0.3) is 61.7 Å². The molecule has 4 aromatic heterocycles. The van der Waals surface area contributed by atoms with Crippen LogP contribution in [0.5, 0.6) is 5.75 Å². The number of unbranched alkanes of at least 4 members (excludes halogenated alkanes) is 2. The van der Waals surface area contributed by atoms with Crippen molar-refractivity contribution in [2.24, 2.45) is 7.05 Å². The third-order valence-electron chi connectivity index (χ3n) is 11.4. The number of ether oxygens (including phenoxy) is 1. The fourth-order valence-corrected chi connectivity index (χ4v) is 8.24. The number of carboxylic acids is 1. The Kier molecular flexibility index (Phi) is 15.7. The van der Waals surface area contributed by atoms with Gasteiger partial charge >= 0.3 is 12.0 Å². The number of fused-ring (bicyclic) bond motifs is 5. The fourth-order valence-electron chi connectivity index (χ4n) is 8.02. The Hall–Kier alpha value is -8.77. The van der Waals surface area contributed by atoms with Gasteiger partial charge in [-0.15, -0.1) is 10.8 Å². The number of hydrogen-bond acceptors (Lipinski definition) is 15. The Balaban J connectivity index is 0.607. The first-order valence-corrected chi connectivity index (χ1v) is 23.9.